The summed E-state index contributed by atoms with van der Waals surface area (Å²) in [6.07, 6.45) is 4.74. The van der Waals surface area contributed by atoms with Gasteiger partial charge in [-0.15, -0.1) is 0 Å². The Kier molecular flexibility index (Phi) is 5.37. The molecule has 4 aromatic rings. The van der Waals surface area contributed by atoms with Crippen LogP contribution in [0.25, 0.3) is 10.8 Å². The molecule has 30 heavy (non-hydrogen) atoms. The van der Waals surface area contributed by atoms with E-state index in [1.54, 1.807) is 48.8 Å². The molecule has 0 saturated heterocycles. The van der Waals surface area contributed by atoms with Crippen molar-refractivity contribution in [3.05, 3.63) is 85.3 Å². The third-order valence-corrected chi connectivity index (χ3v) is 6.58. The number of nitrogens with zero attached hydrogens (tertiary/aromatic N) is 3. The van der Waals surface area contributed by atoms with E-state index in [-0.39, 0.29) is 10.9 Å². The zero-order valence-electron chi connectivity index (χ0n) is 16.6. The van der Waals surface area contributed by atoms with Crippen LogP contribution in [0, 0.1) is 0 Å². The van der Waals surface area contributed by atoms with Crippen LogP contribution in [0.1, 0.15) is 13.8 Å². The number of sulfonamides is 1. The van der Waals surface area contributed by atoms with Crippen LogP contribution in [0.4, 0.5) is 5.69 Å². The highest BCUT2D eigenvalue weighted by atomic mass is 32.2. The molecular formula is C23H21N3O3S. The SMILES string of the molecule is CC(C)N(c1ccc(Oc2cccnc2)nc1)S(=O)(=O)c1ccc2ccccc2c1. The Hall–Kier alpha value is -3.45. The Morgan fingerprint density at radius 2 is 1.70 bits per heavy atom. The minimum absolute atomic E-state index is 0.241. The third-order valence-electron chi connectivity index (χ3n) is 4.58. The third kappa shape index (κ3) is 3.97. The first-order valence-corrected chi connectivity index (χ1v) is 11.0. The molecule has 0 unspecified atom stereocenters. The Bertz CT molecular complexity index is 1260. The van der Waals surface area contributed by atoms with Crippen LogP contribution in [0.3, 0.4) is 0 Å². The summed E-state index contributed by atoms with van der Waals surface area (Å²) in [4.78, 5) is 8.52. The topological polar surface area (TPSA) is 72.4 Å². The van der Waals surface area contributed by atoms with E-state index in [0.717, 1.165) is 10.8 Å². The number of benzene rings is 2. The number of hydrogen-bond donors (Lipinski definition) is 0. The molecule has 0 N–H and O–H groups in total. The first kappa shape index (κ1) is 19.8. The van der Waals surface area contributed by atoms with E-state index >= 15 is 0 Å². The summed E-state index contributed by atoms with van der Waals surface area (Å²) in [5.74, 6) is 0.917. The normalized spacial score (nSPS) is 11.6. The average Bonchev–Trinajstić information content (AvgIpc) is 2.75. The average molecular weight is 420 g/mol. The van der Waals surface area contributed by atoms with E-state index in [4.69, 9.17) is 4.74 Å². The zero-order valence-corrected chi connectivity index (χ0v) is 17.5. The van der Waals surface area contributed by atoms with Gasteiger partial charge in [0.05, 0.1) is 23.0 Å². The van der Waals surface area contributed by atoms with E-state index in [1.807, 2.05) is 44.2 Å². The fourth-order valence-corrected chi connectivity index (χ4v) is 4.93. The van der Waals surface area contributed by atoms with Crippen molar-refractivity contribution in [2.45, 2.75) is 24.8 Å². The van der Waals surface area contributed by atoms with Crippen LogP contribution in [-0.2, 0) is 10.0 Å². The van der Waals surface area contributed by atoms with Crippen molar-refractivity contribution in [1.29, 1.82) is 0 Å². The molecule has 0 amide bonds. The first-order valence-electron chi connectivity index (χ1n) is 9.52. The van der Waals surface area contributed by atoms with Crippen LogP contribution in [0.15, 0.2) is 90.2 Å². The fraction of sp³-hybridized carbons (Fsp3) is 0.130. The minimum Gasteiger partial charge on any atom is -0.437 e. The summed E-state index contributed by atoms with van der Waals surface area (Å²) in [5.41, 5.74) is 0.469. The molecule has 0 radical (unpaired) electrons. The van der Waals surface area contributed by atoms with E-state index in [9.17, 15) is 8.42 Å². The van der Waals surface area contributed by atoms with Gasteiger partial charge in [-0.2, -0.15) is 0 Å². The van der Waals surface area contributed by atoms with Crippen LogP contribution >= 0.6 is 0 Å². The molecule has 2 aromatic carbocycles. The van der Waals surface area contributed by atoms with Gasteiger partial charge in [-0.3, -0.25) is 9.29 Å². The molecule has 0 spiro atoms. The fourth-order valence-electron chi connectivity index (χ4n) is 3.25. The van der Waals surface area contributed by atoms with Crippen molar-refractivity contribution in [3.63, 3.8) is 0 Å². The Labute approximate surface area is 175 Å². The van der Waals surface area contributed by atoms with Gasteiger partial charge >= 0.3 is 0 Å². The molecule has 0 aliphatic heterocycles. The number of ether oxygens (including phenoxy) is 1. The second-order valence-electron chi connectivity index (χ2n) is 7.05. The van der Waals surface area contributed by atoms with Crippen molar-refractivity contribution in [2.24, 2.45) is 0 Å². The van der Waals surface area contributed by atoms with Gasteiger partial charge < -0.3 is 4.74 Å². The molecule has 0 aliphatic rings. The van der Waals surface area contributed by atoms with Gasteiger partial charge in [0, 0.05) is 18.3 Å². The standard InChI is InChI=1S/C23H21N3O3S/c1-17(2)26(20-10-12-23(25-15-20)29-21-8-5-13-24-16-21)30(27,28)22-11-9-18-6-3-4-7-19(18)14-22/h3-17H,1-2H3. The maximum atomic E-state index is 13.5. The summed E-state index contributed by atoms with van der Waals surface area (Å²) in [5, 5.41) is 1.87. The van der Waals surface area contributed by atoms with E-state index in [0.29, 0.717) is 17.3 Å². The van der Waals surface area contributed by atoms with Gasteiger partial charge in [-0.1, -0.05) is 30.3 Å². The quantitative estimate of drug-likeness (QED) is 0.438. The van der Waals surface area contributed by atoms with Crippen LogP contribution in [-0.4, -0.2) is 24.4 Å². The van der Waals surface area contributed by atoms with Crippen LogP contribution in [0.5, 0.6) is 11.6 Å². The molecule has 2 heterocycles. The summed E-state index contributed by atoms with van der Waals surface area (Å²) in [6, 6.07) is 19.4. The lowest BCUT2D eigenvalue weighted by Crippen LogP contribution is -2.37. The molecule has 0 aliphatic carbocycles. The number of fused-ring (bicyclic) bond motifs is 1. The van der Waals surface area contributed by atoms with E-state index in [2.05, 4.69) is 9.97 Å². The number of rotatable bonds is 6. The number of aromatic nitrogens is 2. The molecule has 6 nitrogen and oxygen atoms in total. The van der Waals surface area contributed by atoms with Gasteiger partial charge in [0.1, 0.15) is 5.75 Å². The van der Waals surface area contributed by atoms with Crippen LogP contribution < -0.4 is 9.04 Å². The predicted molar refractivity (Wildman–Crippen MR) is 117 cm³/mol. The van der Waals surface area contributed by atoms with Crippen molar-refractivity contribution in [3.8, 4) is 11.6 Å². The maximum Gasteiger partial charge on any atom is 0.264 e. The second kappa shape index (κ2) is 8.12. The zero-order chi connectivity index (χ0) is 21.1. The Morgan fingerprint density at radius 3 is 2.37 bits per heavy atom. The molecule has 0 fully saturated rings. The summed E-state index contributed by atoms with van der Waals surface area (Å²) < 4.78 is 33.9. The molecule has 0 bridgehead atoms. The van der Waals surface area contributed by atoms with E-state index < -0.39 is 10.0 Å². The maximum absolute atomic E-state index is 13.5. The van der Waals surface area contributed by atoms with Crippen LogP contribution in [0.2, 0.25) is 0 Å². The number of hydrogen-bond acceptors (Lipinski definition) is 5. The smallest absolute Gasteiger partial charge is 0.264 e. The minimum atomic E-state index is -3.77. The van der Waals surface area contributed by atoms with Gasteiger partial charge in [0.15, 0.2) is 0 Å². The summed E-state index contributed by atoms with van der Waals surface area (Å²) >= 11 is 0. The largest absolute Gasteiger partial charge is 0.437 e. The summed E-state index contributed by atoms with van der Waals surface area (Å²) in [7, 11) is -3.77. The molecule has 4 rings (SSSR count). The van der Waals surface area contributed by atoms with E-state index in [1.165, 1.54) is 10.5 Å². The molecule has 0 atom stereocenters. The summed E-state index contributed by atoms with van der Waals surface area (Å²) in [6.45, 7) is 3.66. The molecule has 152 valence electrons. The van der Waals surface area contributed by atoms with Gasteiger partial charge in [0.25, 0.3) is 10.0 Å². The number of anilines is 1. The lowest BCUT2D eigenvalue weighted by molar-refractivity contribution is 0.460. The molecule has 2 aromatic heterocycles. The Balaban J connectivity index is 1.67. The van der Waals surface area contributed by atoms with Crippen molar-refractivity contribution in [2.75, 3.05) is 4.31 Å². The lowest BCUT2D eigenvalue weighted by atomic mass is 10.1. The molecule has 7 heteroatoms. The first-order chi connectivity index (χ1) is 14.4. The van der Waals surface area contributed by atoms with Gasteiger partial charge in [0.2, 0.25) is 5.88 Å². The highest BCUT2D eigenvalue weighted by molar-refractivity contribution is 7.92. The Morgan fingerprint density at radius 1 is 0.900 bits per heavy atom. The highest BCUT2D eigenvalue weighted by Gasteiger charge is 2.28. The lowest BCUT2D eigenvalue weighted by Gasteiger charge is -2.28. The van der Waals surface area contributed by atoms with Gasteiger partial charge in [-0.05, 0) is 55.0 Å². The monoisotopic (exact) mass is 419 g/mol. The number of pyridine rings is 2. The molecule has 0 saturated carbocycles. The highest BCUT2D eigenvalue weighted by Crippen LogP contribution is 2.29. The van der Waals surface area contributed by atoms with Gasteiger partial charge in [-0.25, -0.2) is 13.4 Å². The second-order valence-corrected chi connectivity index (χ2v) is 8.86. The van der Waals surface area contributed by atoms with Crippen molar-refractivity contribution >= 4 is 26.5 Å². The molecular weight excluding hydrogens is 398 g/mol. The van der Waals surface area contributed by atoms with Crippen molar-refractivity contribution in [1.82, 2.24) is 9.97 Å². The van der Waals surface area contributed by atoms with Crippen molar-refractivity contribution < 1.29 is 13.2 Å². The predicted octanol–water partition coefficient (Wildman–Crippen LogP) is 5.03.